The summed E-state index contributed by atoms with van der Waals surface area (Å²) in [6.45, 7) is 0.0591. The Hall–Kier alpha value is -3.24. The van der Waals surface area contributed by atoms with Gasteiger partial charge in [0.25, 0.3) is 5.78 Å². The van der Waals surface area contributed by atoms with E-state index in [1.54, 1.807) is 12.1 Å². The first-order valence-electron chi connectivity index (χ1n) is 7.46. The monoisotopic (exact) mass is 323 g/mol. The lowest BCUT2D eigenvalue weighted by Gasteiger charge is -2.02. The van der Waals surface area contributed by atoms with Crippen LogP contribution in [-0.2, 0) is 22.6 Å². The Balaban J connectivity index is 1.81. The fraction of sp³-hybridized carbons (Fsp3) is 0.167. The first-order valence-corrected chi connectivity index (χ1v) is 7.46. The zero-order valence-corrected chi connectivity index (χ0v) is 13.0. The van der Waals surface area contributed by atoms with Crippen molar-refractivity contribution in [1.82, 2.24) is 5.32 Å². The quantitative estimate of drug-likeness (QED) is 0.383. The van der Waals surface area contributed by atoms with E-state index < -0.39 is 17.7 Å². The minimum absolute atomic E-state index is 0.0591. The van der Waals surface area contributed by atoms with Gasteiger partial charge in [0.05, 0.1) is 0 Å². The Kier molecular flexibility index (Phi) is 6.44. The van der Waals surface area contributed by atoms with Gasteiger partial charge in [-0.05, 0) is 17.5 Å². The van der Waals surface area contributed by atoms with Crippen LogP contribution in [0.4, 0.5) is 4.79 Å². The second-order valence-corrected chi connectivity index (χ2v) is 5.04. The minimum Gasteiger partial charge on any atom is -0.497 e. The van der Waals surface area contributed by atoms with Crippen LogP contribution in [0.1, 0.15) is 17.5 Å². The molecule has 0 radical (unpaired) electrons. The summed E-state index contributed by atoms with van der Waals surface area (Å²) >= 11 is 0. The van der Waals surface area contributed by atoms with E-state index in [-0.39, 0.29) is 13.0 Å². The molecule has 0 atom stereocenters. The van der Waals surface area contributed by atoms with E-state index in [1.807, 2.05) is 48.5 Å². The molecule has 0 spiro atoms. The molecule has 2 aromatic carbocycles. The fourth-order valence-corrected chi connectivity index (χ4v) is 2.03. The average Bonchev–Trinajstić information content (AvgIpc) is 2.64. The molecule has 0 saturated heterocycles. The van der Waals surface area contributed by atoms with E-state index in [2.05, 4.69) is 10.1 Å². The number of carbonyl (C=O) groups is 2. The first-order chi connectivity index (χ1) is 11.7. The number of rotatable bonds is 6. The van der Waals surface area contributed by atoms with Crippen LogP contribution in [0.25, 0.3) is 5.53 Å². The zero-order valence-electron chi connectivity index (χ0n) is 13.0. The van der Waals surface area contributed by atoms with Crippen molar-refractivity contribution in [3.05, 3.63) is 77.3 Å². The summed E-state index contributed by atoms with van der Waals surface area (Å²) in [6, 6.07) is 18.5. The molecule has 0 unspecified atom stereocenters. The van der Waals surface area contributed by atoms with Gasteiger partial charge in [-0.15, -0.1) is 0 Å². The molecular weight excluding hydrogens is 306 g/mol. The number of ether oxygens (including phenoxy) is 1. The smallest absolute Gasteiger partial charge is 0.497 e. The molecule has 0 aliphatic carbocycles. The predicted octanol–water partition coefficient (Wildman–Crippen LogP) is 2.74. The number of carbonyl (C=O) groups excluding carboxylic acids is 2. The summed E-state index contributed by atoms with van der Waals surface area (Å²) in [5.41, 5.74) is 10.7. The number of aryl methyl sites for hydroxylation is 1. The number of Topliss-reactive ketones (excluding diaryl/α,β-unsaturated/α-hetero) is 1. The van der Waals surface area contributed by atoms with Crippen molar-refractivity contribution in [1.29, 1.82) is 0 Å². The highest BCUT2D eigenvalue weighted by atomic mass is 16.5. The maximum Gasteiger partial charge on any atom is 0.506 e. The first kappa shape index (κ1) is 17.1. The molecule has 0 aliphatic heterocycles. The van der Waals surface area contributed by atoms with E-state index >= 15 is 0 Å². The predicted molar refractivity (Wildman–Crippen MR) is 88.2 cm³/mol. The molecule has 122 valence electrons. The molecule has 0 heterocycles. The van der Waals surface area contributed by atoms with Gasteiger partial charge in [-0.1, -0.05) is 60.7 Å². The van der Waals surface area contributed by atoms with Crippen LogP contribution < -0.4 is 5.32 Å². The highest BCUT2D eigenvalue weighted by Gasteiger charge is 2.23. The van der Waals surface area contributed by atoms with Gasteiger partial charge < -0.3 is 15.1 Å². The minimum atomic E-state index is -0.847. The molecule has 0 bridgehead atoms. The molecule has 6 nitrogen and oxygen atoms in total. The third kappa shape index (κ3) is 5.51. The van der Waals surface area contributed by atoms with Crippen molar-refractivity contribution in [3.8, 4) is 0 Å². The van der Waals surface area contributed by atoms with E-state index in [0.29, 0.717) is 6.42 Å². The molecule has 24 heavy (non-hydrogen) atoms. The van der Waals surface area contributed by atoms with Crippen molar-refractivity contribution in [2.45, 2.75) is 19.4 Å². The standard InChI is InChI=1S/C18H17N3O3/c19-21-17(16(22)12-11-14-7-3-1-4-8-14)20-18(23)24-13-15-9-5-2-6-10-15/h1-10H,11-13H2,(H,20,23). The zero-order chi connectivity index (χ0) is 17.2. The largest absolute Gasteiger partial charge is 0.506 e. The number of amidine groups is 1. The second-order valence-electron chi connectivity index (χ2n) is 5.04. The van der Waals surface area contributed by atoms with Crippen LogP contribution in [0.5, 0.6) is 0 Å². The normalized spacial score (nSPS) is 9.67. The van der Waals surface area contributed by atoms with Crippen LogP contribution in [0.3, 0.4) is 0 Å². The molecular formula is C18H17N3O3. The van der Waals surface area contributed by atoms with Crippen molar-refractivity contribution in [2.24, 2.45) is 0 Å². The lowest BCUT2D eigenvalue weighted by atomic mass is 10.1. The summed E-state index contributed by atoms with van der Waals surface area (Å²) in [7, 11) is 0. The maximum atomic E-state index is 12.0. The van der Waals surface area contributed by atoms with Crippen molar-refractivity contribution in [2.75, 3.05) is 0 Å². The molecule has 0 aliphatic rings. The third-order valence-corrected chi connectivity index (χ3v) is 3.28. The molecule has 0 aromatic heterocycles. The van der Waals surface area contributed by atoms with Gasteiger partial charge in [0.2, 0.25) is 0 Å². The number of hydrogen-bond acceptors (Lipinski definition) is 3. The third-order valence-electron chi connectivity index (χ3n) is 3.28. The van der Waals surface area contributed by atoms with Gasteiger partial charge >= 0.3 is 11.9 Å². The average molecular weight is 323 g/mol. The Morgan fingerprint density at radius 1 is 0.958 bits per heavy atom. The number of hydrogen-bond donors (Lipinski definition) is 1. The highest BCUT2D eigenvalue weighted by molar-refractivity contribution is 6.38. The summed E-state index contributed by atoms with van der Waals surface area (Å²) in [5.74, 6) is -0.901. The Morgan fingerprint density at radius 2 is 1.54 bits per heavy atom. The van der Waals surface area contributed by atoms with Crippen LogP contribution in [-0.4, -0.2) is 22.5 Å². The number of alkyl carbamates (subject to hydrolysis) is 1. The van der Waals surface area contributed by atoms with E-state index in [4.69, 9.17) is 10.3 Å². The van der Waals surface area contributed by atoms with Crippen molar-refractivity contribution >= 4 is 17.7 Å². The molecule has 1 N–H and O–H groups in total. The lowest BCUT2D eigenvalue weighted by molar-refractivity contribution is -0.117. The molecule has 2 rings (SSSR count). The summed E-state index contributed by atoms with van der Waals surface area (Å²) in [4.78, 5) is 26.5. The number of amides is 1. The molecule has 1 amide bonds. The fourth-order valence-electron chi connectivity index (χ4n) is 2.03. The lowest BCUT2D eigenvalue weighted by Crippen LogP contribution is -2.37. The van der Waals surface area contributed by atoms with E-state index in [9.17, 15) is 9.59 Å². The van der Waals surface area contributed by atoms with Gasteiger partial charge in [0, 0.05) is 6.42 Å². The summed E-state index contributed by atoms with van der Waals surface area (Å²) < 4.78 is 4.98. The maximum absolute atomic E-state index is 12.0. The van der Waals surface area contributed by atoms with Gasteiger partial charge in [-0.25, -0.2) is 0 Å². The number of nitrogens with one attached hydrogen (secondary N) is 1. The van der Waals surface area contributed by atoms with Crippen molar-refractivity contribution in [3.63, 3.8) is 0 Å². The summed E-state index contributed by atoms with van der Waals surface area (Å²) in [5, 5.41) is 2.16. The van der Waals surface area contributed by atoms with Crippen LogP contribution in [0.15, 0.2) is 60.7 Å². The second kappa shape index (κ2) is 9.02. The topological polar surface area (TPSA) is 91.8 Å². The number of benzene rings is 2. The number of nitrogens with zero attached hydrogens (tertiary/aromatic N) is 2. The van der Waals surface area contributed by atoms with E-state index in [0.717, 1.165) is 11.1 Å². The van der Waals surface area contributed by atoms with Gasteiger partial charge in [-0.3, -0.25) is 4.79 Å². The summed E-state index contributed by atoms with van der Waals surface area (Å²) in [6.07, 6.45) is -0.248. The van der Waals surface area contributed by atoms with Crippen LogP contribution >= 0.6 is 0 Å². The molecule has 0 saturated carbocycles. The highest BCUT2D eigenvalue weighted by Crippen LogP contribution is 2.03. The Labute approximate surface area is 139 Å². The molecule has 2 aromatic rings. The van der Waals surface area contributed by atoms with Gasteiger partial charge in [0.15, 0.2) is 0 Å². The van der Waals surface area contributed by atoms with Crippen LogP contribution in [0, 0.1) is 0 Å². The Bertz CT molecular complexity index is 739. The van der Waals surface area contributed by atoms with Gasteiger partial charge in [0.1, 0.15) is 6.61 Å². The van der Waals surface area contributed by atoms with Crippen molar-refractivity contribution < 1.29 is 19.1 Å². The molecule has 0 fully saturated rings. The van der Waals surface area contributed by atoms with Gasteiger partial charge in [-0.2, -0.15) is 10.1 Å². The van der Waals surface area contributed by atoms with E-state index in [1.165, 1.54) is 0 Å². The Morgan fingerprint density at radius 3 is 2.12 bits per heavy atom. The SMILES string of the molecule is [N-]=[N+]=C(NC(=O)OCc1ccccc1)C(=O)CCc1ccccc1. The van der Waals surface area contributed by atoms with Crippen LogP contribution in [0.2, 0.25) is 0 Å². The molecule has 6 heteroatoms. The number of ketones is 1.